The van der Waals surface area contributed by atoms with Crippen LogP contribution in [0.25, 0.3) is 0 Å². The standard InChI is InChI=1S/C8H6F4O2S/c9-5-3-7(10)6(8(11)4-5)1-2-15(12,13)14/h3-4H,1-2H2. The molecular formula is C8H6F4O2S. The van der Waals surface area contributed by atoms with Crippen molar-refractivity contribution in [3.63, 3.8) is 0 Å². The predicted molar refractivity (Wildman–Crippen MR) is 44.9 cm³/mol. The Bertz CT molecular complexity index is 447. The van der Waals surface area contributed by atoms with Gasteiger partial charge in [0, 0.05) is 17.7 Å². The summed E-state index contributed by atoms with van der Waals surface area (Å²) in [7, 11) is -4.79. The van der Waals surface area contributed by atoms with Crippen LogP contribution < -0.4 is 0 Å². The number of hydrogen-bond acceptors (Lipinski definition) is 2. The number of halogens is 4. The largest absolute Gasteiger partial charge is 0.302 e. The van der Waals surface area contributed by atoms with E-state index in [0.717, 1.165) is 0 Å². The Balaban J connectivity index is 2.96. The minimum Gasteiger partial charge on any atom is -0.207 e. The maximum atomic E-state index is 12.9. The highest BCUT2D eigenvalue weighted by molar-refractivity contribution is 7.86. The van der Waals surface area contributed by atoms with Crippen LogP contribution in [-0.2, 0) is 16.6 Å². The molecule has 1 aromatic carbocycles. The zero-order chi connectivity index (χ0) is 11.6. The van der Waals surface area contributed by atoms with Crippen LogP contribution >= 0.6 is 0 Å². The topological polar surface area (TPSA) is 34.1 Å². The smallest absolute Gasteiger partial charge is 0.207 e. The monoisotopic (exact) mass is 242 g/mol. The van der Waals surface area contributed by atoms with E-state index in [0.29, 0.717) is 12.1 Å². The molecule has 7 heteroatoms. The van der Waals surface area contributed by atoms with Gasteiger partial charge < -0.3 is 0 Å². The highest BCUT2D eigenvalue weighted by atomic mass is 32.3. The van der Waals surface area contributed by atoms with Crippen LogP contribution in [0.2, 0.25) is 0 Å². The molecule has 0 saturated heterocycles. The second-order valence-electron chi connectivity index (χ2n) is 2.84. The van der Waals surface area contributed by atoms with Gasteiger partial charge in [0.25, 0.3) is 0 Å². The average molecular weight is 242 g/mol. The Morgan fingerprint density at radius 2 is 1.53 bits per heavy atom. The first-order valence-electron chi connectivity index (χ1n) is 3.85. The third-order valence-corrected chi connectivity index (χ3v) is 2.39. The minimum atomic E-state index is -4.79. The van der Waals surface area contributed by atoms with Gasteiger partial charge in [0.1, 0.15) is 17.5 Å². The van der Waals surface area contributed by atoms with Crippen molar-refractivity contribution in [1.29, 1.82) is 0 Å². The molecule has 0 aliphatic heterocycles. The summed E-state index contributed by atoms with van der Waals surface area (Å²) < 4.78 is 70.5. The zero-order valence-electron chi connectivity index (χ0n) is 7.31. The summed E-state index contributed by atoms with van der Waals surface area (Å²) in [5, 5.41) is 0. The van der Waals surface area contributed by atoms with E-state index in [2.05, 4.69) is 0 Å². The third-order valence-electron chi connectivity index (χ3n) is 1.70. The lowest BCUT2D eigenvalue weighted by Crippen LogP contribution is -2.06. The van der Waals surface area contributed by atoms with Crippen LogP contribution in [-0.4, -0.2) is 14.2 Å². The van der Waals surface area contributed by atoms with E-state index in [9.17, 15) is 25.5 Å². The molecule has 0 unspecified atom stereocenters. The van der Waals surface area contributed by atoms with Gasteiger partial charge in [-0.2, -0.15) is 8.42 Å². The second kappa shape index (κ2) is 4.18. The molecule has 1 rings (SSSR count). The Morgan fingerprint density at radius 3 is 1.93 bits per heavy atom. The quantitative estimate of drug-likeness (QED) is 0.599. The first-order chi connectivity index (χ1) is 6.79. The van der Waals surface area contributed by atoms with Gasteiger partial charge in [-0.25, -0.2) is 13.2 Å². The first-order valence-corrected chi connectivity index (χ1v) is 5.40. The van der Waals surface area contributed by atoms with Crippen molar-refractivity contribution in [1.82, 2.24) is 0 Å². The van der Waals surface area contributed by atoms with Crippen LogP contribution in [0.4, 0.5) is 17.1 Å². The summed E-state index contributed by atoms with van der Waals surface area (Å²) >= 11 is 0. The summed E-state index contributed by atoms with van der Waals surface area (Å²) in [6.45, 7) is 0. The van der Waals surface area contributed by atoms with Gasteiger partial charge in [-0.3, -0.25) is 0 Å². The SMILES string of the molecule is O=S(=O)(F)CCc1c(F)cc(F)cc1F. The lowest BCUT2D eigenvalue weighted by Gasteiger charge is -2.03. The summed E-state index contributed by atoms with van der Waals surface area (Å²) in [5.41, 5.74) is -0.641. The Labute approximate surface area is 83.7 Å². The summed E-state index contributed by atoms with van der Waals surface area (Å²) in [6, 6.07) is 0.812. The van der Waals surface area contributed by atoms with Crippen molar-refractivity contribution >= 4 is 10.2 Å². The van der Waals surface area contributed by atoms with Gasteiger partial charge >= 0.3 is 10.2 Å². The fraction of sp³-hybridized carbons (Fsp3) is 0.250. The van der Waals surface area contributed by atoms with Gasteiger partial charge in [-0.15, -0.1) is 3.89 Å². The molecule has 15 heavy (non-hydrogen) atoms. The minimum absolute atomic E-state index is 0.406. The molecule has 0 radical (unpaired) electrons. The molecule has 0 N–H and O–H groups in total. The van der Waals surface area contributed by atoms with Crippen LogP contribution in [0.1, 0.15) is 5.56 Å². The maximum absolute atomic E-state index is 12.9. The summed E-state index contributed by atoms with van der Waals surface area (Å²) in [4.78, 5) is 0. The molecule has 0 aliphatic rings. The third kappa shape index (κ3) is 3.50. The molecule has 84 valence electrons. The fourth-order valence-electron chi connectivity index (χ4n) is 1.03. The number of rotatable bonds is 3. The van der Waals surface area contributed by atoms with Crippen molar-refractivity contribution in [2.45, 2.75) is 6.42 Å². The van der Waals surface area contributed by atoms with Crippen LogP contribution in [0.15, 0.2) is 12.1 Å². The molecule has 0 heterocycles. The summed E-state index contributed by atoms with van der Waals surface area (Å²) in [5.74, 6) is -4.60. The maximum Gasteiger partial charge on any atom is 0.302 e. The Morgan fingerprint density at radius 1 is 1.07 bits per heavy atom. The van der Waals surface area contributed by atoms with E-state index in [1.54, 1.807) is 0 Å². The van der Waals surface area contributed by atoms with Gasteiger partial charge in [-0.05, 0) is 6.42 Å². The first kappa shape index (κ1) is 12.0. The summed E-state index contributed by atoms with van der Waals surface area (Å²) in [6.07, 6.45) is -0.670. The second-order valence-corrected chi connectivity index (χ2v) is 4.33. The van der Waals surface area contributed by atoms with Crippen LogP contribution in [0, 0.1) is 17.5 Å². The molecule has 0 spiro atoms. The van der Waals surface area contributed by atoms with E-state index in [-0.39, 0.29) is 0 Å². The lowest BCUT2D eigenvalue weighted by molar-refractivity contribution is 0.522. The van der Waals surface area contributed by atoms with Gasteiger partial charge in [0.15, 0.2) is 0 Å². The molecule has 0 aromatic heterocycles. The van der Waals surface area contributed by atoms with Gasteiger partial charge in [0.05, 0.1) is 5.75 Å². The average Bonchev–Trinajstić information content (AvgIpc) is 1.99. The highest BCUT2D eigenvalue weighted by Gasteiger charge is 2.15. The van der Waals surface area contributed by atoms with Crippen molar-refractivity contribution in [2.24, 2.45) is 0 Å². The van der Waals surface area contributed by atoms with Crippen molar-refractivity contribution in [3.05, 3.63) is 35.1 Å². The Hall–Kier alpha value is -1.11. The predicted octanol–water partition coefficient (Wildman–Crippen LogP) is 1.95. The van der Waals surface area contributed by atoms with E-state index in [1.807, 2.05) is 0 Å². The molecular weight excluding hydrogens is 236 g/mol. The Kier molecular flexibility index (Phi) is 3.33. The normalized spacial score (nSPS) is 11.7. The molecule has 0 saturated carbocycles. The van der Waals surface area contributed by atoms with E-state index in [4.69, 9.17) is 0 Å². The molecule has 0 fully saturated rings. The van der Waals surface area contributed by atoms with Gasteiger partial charge in [-0.1, -0.05) is 0 Å². The molecule has 0 bridgehead atoms. The van der Waals surface area contributed by atoms with E-state index >= 15 is 0 Å². The van der Waals surface area contributed by atoms with Crippen LogP contribution in [0.3, 0.4) is 0 Å². The lowest BCUT2D eigenvalue weighted by atomic mass is 10.1. The molecule has 1 aromatic rings. The number of hydrogen-bond donors (Lipinski definition) is 0. The zero-order valence-corrected chi connectivity index (χ0v) is 8.12. The number of benzene rings is 1. The highest BCUT2D eigenvalue weighted by Crippen LogP contribution is 2.16. The van der Waals surface area contributed by atoms with Gasteiger partial charge in [0.2, 0.25) is 0 Å². The van der Waals surface area contributed by atoms with Crippen molar-refractivity contribution in [3.8, 4) is 0 Å². The van der Waals surface area contributed by atoms with E-state index in [1.165, 1.54) is 0 Å². The van der Waals surface area contributed by atoms with Crippen LogP contribution in [0.5, 0.6) is 0 Å². The molecule has 0 amide bonds. The molecule has 0 aliphatic carbocycles. The fourth-order valence-corrected chi connectivity index (χ4v) is 1.48. The van der Waals surface area contributed by atoms with E-state index < -0.39 is 45.4 Å². The molecule has 0 atom stereocenters. The van der Waals surface area contributed by atoms with Crippen molar-refractivity contribution < 1.29 is 25.5 Å². The molecule has 2 nitrogen and oxygen atoms in total. The van der Waals surface area contributed by atoms with Crippen molar-refractivity contribution in [2.75, 3.05) is 5.75 Å².